The van der Waals surface area contributed by atoms with Crippen LogP contribution < -0.4 is 10.2 Å². The average molecular weight is 383 g/mol. The Morgan fingerprint density at radius 1 is 1.07 bits per heavy atom. The smallest absolute Gasteiger partial charge is 0.244 e. The van der Waals surface area contributed by atoms with Crippen LogP contribution in [0.25, 0.3) is 16.8 Å². The van der Waals surface area contributed by atoms with Crippen molar-refractivity contribution in [3.05, 3.63) is 78.6 Å². The molecule has 5 rings (SSSR count). The van der Waals surface area contributed by atoms with Crippen molar-refractivity contribution in [1.82, 2.24) is 10.3 Å². The number of pyridine rings is 1. The highest BCUT2D eigenvalue weighted by Gasteiger charge is 2.54. The molecule has 1 saturated heterocycles. The van der Waals surface area contributed by atoms with Crippen LogP contribution in [-0.4, -0.2) is 30.5 Å². The minimum Gasteiger partial charge on any atom is -0.371 e. The van der Waals surface area contributed by atoms with Crippen molar-refractivity contribution in [2.75, 3.05) is 24.5 Å². The number of nitrogens with zero attached hydrogens (tertiary/aromatic N) is 2. The molecule has 1 aliphatic heterocycles. The maximum Gasteiger partial charge on any atom is 0.244 e. The quantitative estimate of drug-likeness (QED) is 0.651. The van der Waals surface area contributed by atoms with Crippen LogP contribution >= 0.6 is 0 Å². The number of piperidine rings is 1. The molecule has 1 aliphatic carbocycles. The first-order chi connectivity index (χ1) is 14.3. The summed E-state index contributed by atoms with van der Waals surface area (Å²) >= 11 is 0. The van der Waals surface area contributed by atoms with Crippen LogP contribution in [0.5, 0.6) is 0 Å². The molecule has 4 heteroatoms. The fraction of sp³-hybridized carbons (Fsp3) is 0.280. The third-order valence-corrected chi connectivity index (χ3v) is 6.36. The van der Waals surface area contributed by atoms with Gasteiger partial charge in [0.15, 0.2) is 0 Å². The lowest BCUT2D eigenvalue weighted by atomic mass is 10.1. The molecule has 2 unspecified atom stereocenters. The third kappa shape index (κ3) is 3.88. The Kier molecular flexibility index (Phi) is 4.76. The van der Waals surface area contributed by atoms with Gasteiger partial charge in [-0.1, -0.05) is 36.4 Å². The summed E-state index contributed by atoms with van der Waals surface area (Å²) in [5.74, 6) is 2.29. The molecule has 1 N–H and O–H groups in total. The Morgan fingerprint density at radius 2 is 1.90 bits per heavy atom. The van der Waals surface area contributed by atoms with Gasteiger partial charge in [0, 0.05) is 43.8 Å². The number of aromatic nitrogens is 1. The summed E-state index contributed by atoms with van der Waals surface area (Å²) in [7, 11) is 0. The fourth-order valence-corrected chi connectivity index (χ4v) is 4.73. The SMILES string of the molecule is O=C(/C=C/c1cccnc1)NCCC1C2CN(c3ccc4ccccc4c3)CC12. The molecule has 0 bridgehead atoms. The first-order valence-electron chi connectivity index (χ1n) is 10.4. The summed E-state index contributed by atoms with van der Waals surface area (Å²) in [5.41, 5.74) is 2.27. The molecule has 2 aliphatic rings. The van der Waals surface area contributed by atoms with Gasteiger partial charge in [-0.2, -0.15) is 0 Å². The summed E-state index contributed by atoms with van der Waals surface area (Å²) in [6, 6.07) is 19.1. The second-order valence-electron chi connectivity index (χ2n) is 8.13. The van der Waals surface area contributed by atoms with Crippen molar-refractivity contribution in [3.8, 4) is 0 Å². The number of carbonyl (C=O) groups is 1. The van der Waals surface area contributed by atoms with Gasteiger partial charge in [0.2, 0.25) is 5.91 Å². The number of amides is 1. The van der Waals surface area contributed by atoms with Crippen molar-refractivity contribution in [3.63, 3.8) is 0 Å². The molecular weight excluding hydrogens is 358 g/mol. The first kappa shape index (κ1) is 17.9. The predicted octanol–water partition coefficient (Wildman–Crippen LogP) is 4.14. The van der Waals surface area contributed by atoms with Gasteiger partial charge in [0.1, 0.15) is 0 Å². The van der Waals surface area contributed by atoms with E-state index in [9.17, 15) is 4.79 Å². The molecule has 3 aromatic rings. The van der Waals surface area contributed by atoms with Crippen LogP contribution in [0.2, 0.25) is 0 Å². The molecule has 2 heterocycles. The van der Waals surface area contributed by atoms with Gasteiger partial charge >= 0.3 is 0 Å². The Morgan fingerprint density at radius 3 is 2.69 bits per heavy atom. The zero-order valence-electron chi connectivity index (χ0n) is 16.4. The Labute approximate surface area is 171 Å². The Bertz CT molecular complexity index is 1030. The number of hydrogen-bond acceptors (Lipinski definition) is 3. The van der Waals surface area contributed by atoms with E-state index in [-0.39, 0.29) is 5.91 Å². The number of hydrogen-bond donors (Lipinski definition) is 1. The van der Waals surface area contributed by atoms with E-state index in [1.165, 1.54) is 16.5 Å². The summed E-state index contributed by atoms with van der Waals surface area (Å²) in [6.07, 6.45) is 7.94. The van der Waals surface area contributed by atoms with Crippen LogP contribution in [0.1, 0.15) is 12.0 Å². The second-order valence-corrected chi connectivity index (χ2v) is 8.13. The second kappa shape index (κ2) is 7.70. The van der Waals surface area contributed by atoms with E-state index in [1.54, 1.807) is 24.5 Å². The Balaban J connectivity index is 1.08. The topological polar surface area (TPSA) is 45.2 Å². The van der Waals surface area contributed by atoms with E-state index >= 15 is 0 Å². The highest BCUT2D eigenvalue weighted by molar-refractivity contribution is 5.91. The molecule has 1 aromatic heterocycles. The van der Waals surface area contributed by atoms with Gasteiger partial charge in [-0.3, -0.25) is 9.78 Å². The third-order valence-electron chi connectivity index (χ3n) is 6.36. The lowest BCUT2D eigenvalue weighted by molar-refractivity contribution is -0.116. The van der Waals surface area contributed by atoms with Gasteiger partial charge in [-0.05, 0) is 64.8 Å². The molecule has 0 radical (unpaired) electrons. The normalized spacial score (nSPS) is 22.8. The molecule has 1 amide bonds. The van der Waals surface area contributed by atoms with Crippen molar-refractivity contribution in [1.29, 1.82) is 0 Å². The molecule has 0 spiro atoms. The zero-order chi connectivity index (χ0) is 19.6. The van der Waals surface area contributed by atoms with Crippen LogP contribution in [0.15, 0.2) is 73.1 Å². The van der Waals surface area contributed by atoms with Gasteiger partial charge in [0.05, 0.1) is 0 Å². The number of benzene rings is 2. The van der Waals surface area contributed by atoms with Crippen molar-refractivity contribution in [2.24, 2.45) is 17.8 Å². The monoisotopic (exact) mass is 383 g/mol. The molecule has 2 atom stereocenters. The van der Waals surface area contributed by atoms with Gasteiger partial charge in [-0.25, -0.2) is 0 Å². The molecule has 4 nitrogen and oxygen atoms in total. The summed E-state index contributed by atoms with van der Waals surface area (Å²) < 4.78 is 0. The van der Waals surface area contributed by atoms with Crippen molar-refractivity contribution < 1.29 is 4.79 Å². The minimum atomic E-state index is -0.0301. The number of anilines is 1. The number of rotatable bonds is 6. The molecule has 29 heavy (non-hydrogen) atoms. The molecular formula is C25H25N3O. The molecule has 146 valence electrons. The standard InChI is InChI=1S/C25H25N3O/c29-25(10-7-18-4-3-12-26-15-18)27-13-11-22-23-16-28(17-24(22)23)21-9-8-19-5-1-2-6-20(19)14-21/h1-10,12,14-15,22-24H,11,13,16-17H2,(H,27,29)/b10-7+. The Hall–Kier alpha value is -3.14. The highest BCUT2D eigenvalue weighted by Crippen LogP contribution is 2.54. The average Bonchev–Trinajstić information content (AvgIpc) is 3.20. The van der Waals surface area contributed by atoms with Crippen molar-refractivity contribution >= 4 is 28.4 Å². The van der Waals surface area contributed by atoms with E-state index in [0.717, 1.165) is 49.4 Å². The summed E-state index contributed by atoms with van der Waals surface area (Å²) in [6.45, 7) is 3.04. The van der Waals surface area contributed by atoms with E-state index < -0.39 is 0 Å². The van der Waals surface area contributed by atoms with Crippen LogP contribution in [0, 0.1) is 17.8 Å². The minimum absolute atomic E-state index is 0.0301. The van der Waals surface area contributed by atoms with Crippen molar-refractivity contribution in [2.45, 2.75) is 6.42 Å². The first-order valence-corrected chi connectivity index (χ1v) is 10.4. The lowest BCUT2D eigenvalue weighted by Crippen LogP contribution is -2.26. The summed E-state index contributed by atoms with van der Waals surface area (Å²) in [4.78, 5) is 18.5. The maximum absolute atomic E-state index is 12.0. The molecule has 1 saturated carbocycles. The number of nitrogens with one attached hydrogen (secondary N) is 1. The predicted molar refractivity (Wildman–Crippen MR) is 118 cm³/mol. The molecule has 2 fully saturated rings. The zero-order valence-corrected chi connectivity index (χ0v) is 16.4. The maximum atomic E-state index is 12.0. The largest absolute Gasteiger partial charge is 0.371 e. The highest BCUT2D eigenvalue weighted by atomic mass is 16.1. The molecule has 2 aromatic carbocycles. The van der Waals surface area contributed by atoms with E-state index in [0.29, 0.717) is 0 Å². The lowest BCUT2D eigenvalue weighted by Gasteiger charge is -2.22. The summed E-state index contributed by atoms with van der Waals surface area (Å²) in [5, 5.41) is 5.62. The van der Waals surface area contributed by atoms with Crippen LogP contribution in [0.3, 0.4) is 0 Å². The fourth-order valence-electron chi connectivity index (χ4n) is 4.73. The number of carbonyl (C=O) groups excluding carboxylic acids is 1. The number of fused-ring (bicyclic) bond motifs is 2. The van der Waals surface area contributed by atoms with Gasteiger partial charge in [0.25, 0.3) is 0 Å². The van der Waals surface area contributed by atoms with Crippen LogP contribution in [-0.2, 0) is 4.79 Å². The van der Waals surface area contributed by atoms with E-state index in [4.69, 9.17) is 0 Å². The van der Waals surface area contributed by atoms with E-state index in [1.807, 2.05) is 12.1 Å². The van der Waals surface area contributed by atoms with E-state index in [2.05, 4.69) is 57.7 Å². The van der Waals surface area contributed by atoms with Gasteiger partial charge in [-0.15, -0.1) is 0 Å². The van der Waals surface area contributed by atoms with Gasteiger partial charge < -0.3 is 10.2 Å². The van der Waals surface area contributed by atoms with Crippen LogP contribution in [0.4, 0.5) is 5.69 Å².